The molecule has 0 nitrogen and oxygen atoms in total. The van der Waals surface area contributed by atoms with E-state index in [-0.39, 0.29) is 0 Å². The lowest BCUT2D eigenvalue weighted by molar-refractivity contribution is 0.508. The van der Waals surface area contributed by atoms with Crippen LogP contribution in [0.2, 0.25) is 0 Å². The highest BCUT2D eigenvalue weighted by Gasteiger charge is 2.45. The Labute approximate surface area is 130 Å². The lowest BCUT2D eigenvalue weighted by Crippen LogP contribution is -2.14. The second-order valence-electron chi connectivity index (χ2n) is 7.97. The molecule has 0 aromatic carbocycles. The van der Waals surface area contributed by atoms with Gasteiger partial charge in [-0.15, -0.1) is 0 Å². The molecule has 0 heteroatoms. The average molecular weight is 282 g/mol. The SMILES string of the molecule is CC1=C(C)C2CC3=C(C2=C1C(C)C)C(C(C)C)C(C)=C3C. The summed E-state index contributed by atoms with van der Waals surface area (Å²) in [5.74, 6) is 2.69. The van der Waals surface area contributed by atoms with E-state index in [0.29, 0.717) is 23.7 Å². The van der Waals surface area contributed by atoms with Gasteiger partial charge in [-0.25, -0.2) is 0 Å². The van der Waals surface area contributed by atoms with E-state index in [2.05, 4.69) is 55.4 Å². The molecule has 0 aliphatic heterocycles. The van der Waals surface area contributed by atoms with Crippen molar-refractivity contribution < 1.29 is 0 Å². The Kier molecular flexibility index (Phi) is 3.35. The van der Waals surface area contributed by atoms with Gasteiger partial charge in [-0.05, 0) is 79.4 Å². The fourth-order valence-electron chi connectivity index (χ4n) is 5.12. The molecule has 0 amide bonds. The van der Waals surface area contributed by atoms with Crippen molar-refractivity contribution in [2.24, 2.45) is 23.7 Å². The van der Waals surface area contributed by atoms with E-state index >= 15 is 0 Å². The third-order valence-electron chi connectivity index (χ3n) is 6.25. The third-order valence-corrected chi connectivity index (χ3v) is 6.25. The highest BCUT2D eigenvalue weighted by Crippen LogP contribution is 2.59. The van der Waals surface area contributed by atoms with Crippen LogP contribution in [0.3, 0.4) is 0 Å². The van der Waals surface area contributed by atoms with Gasteiger partial charge in [0, 0.05) is 11.8 Å². The highest BCUT2D eigenvalue weighted by atomic mass is 14.5. The number of hydrogen-bond donors (Lipinski definition) is 0. The van der Waals surface area contributed by atoms with Gasteiger partial charge in [-0.2, -0.15) is 0 Å². The fraction of sp³-hybridized carbons (Fsp3) is 0.619. The molecule has 0 saturated carbocycles. The summed E-state index contributed by atoms with van der Waals surface area (Å²) >= 11 is 0. The molecule has 3 aliphatic rings. The molecular formula is C21H30. The third kappa shape index (κ3) is 1.81. The molecule has 0 fully saturated rings. The van der Waals surface area contributed by atoms with E-state index in [9.17, 15) is 0 Å². The fourth-order valence-corrected chi connectivity index (χ4v) is 5.12. The summed E-state index contributed by atoms with van der Waals surface area (Å²) in [6.07, 6.45) is 1.26. The molecule has 0 bridgehead atoms. The van der Waals surface area contributed by atoms with E-state index in [0.717, 1.165) is 0 Å². The zero-order valence-electron chi connectivity index (χ0n) is 15.0. The van der Waals surface area contributed by atoms with Crippen LogP contribution in [0.5, 0.6) is 0 Å². The summed E-state index contributed by atoms with van der Waals surface area (Å²) in [5.41, 5.74) is 13.3. The van der Waals surface area contributed by atoms with Gasteiger partial charge in [0.2, 0.25) is 0 Å². The highest BCUT2D eigenvalue weighted by molar-refractivity contribution is 5.68. The first-order valence-corrected chi connectivity index (χ1v) is 8.60. The number of hydrogen-bond acceptors (Lipinski definition) is 0. The number of fused-ring (bicyclic) bond motifs is 2. The topological polar surface area (TPSA) is 0 Å². The monoisotopic (exact) mass is 282 g/mol. The second kappa shape index (κ2) is 4.73. The van der Waals surface area contributed by atoms with Crippen LogP contribution < -0.4 is 0 Å². The summed E-state index contributed by atoms with van der Waals surface area (Å²) in [6, 6.07) is 0. The van der Waals surface area contributed by atoms with Crippen LogP contribution in [0, 0.1) is 23.7 Å². The van der Waals surface area contributed by atoms with Gasteiger partial charge in [-0.3, -0.25) is 0 Å². The van der Waals surface area contributed by atoms with Crippen molar-refractivity contribution in [2.75, 3.05) is 0 Å². The van der Waals surface area contributed by atoms with E-state index in [1.807, 2.05) is 0 Å². The zero-order valence-corrected chi connectivity index (χ0v) is 15.0. The van der Waals surface area contributed by atoms with Crippen LogP contribution in [0.15, 0.2) is 44.6 Å². The summed E-state index contributed by atoms with van der Waals surface area (Å²) in [7, 11) is 0. The maximum Gasteiger partial charge on any atom is 0.00978 e. The summed E-state index contributed by atoms with van der Waals surface area (Å²) in [5, 5.41) is 0. The minimum Gasteiger partial charge on any atom is -0.0623 e. The zero-order chi connectivity index (χ0) is 15.6. The smallest absolute Gasteiger partial charge is 0.00978 e. The second-order valence-corrected chi connectivity index (χ2v) is 7.97. The van der Waals surface area contributed by atoms with Gasteiger partial charge in [-0.1, -0.05) is 38.8 Å². The maximum atomic E-state index is 2.39. The Morgan fingerprint density at radius 1 is 0.810 bits per heavy atom. The molecule has 0 aromatic rings. The predicted octanol–water partition coefficient (Wildman–Crippen LogP) is 6.23. The molecule has 0 N–H and O–H groups in total. The molecule has 0 spiro atoms. The van der Waals surface area contributed by atoms with Crippen LogP contribution in [-0.2, 0) is 0 Å². The molecule has 0 aromatic heterocycles. The molecular weight excluding hydrogens is 252 g/mol. The summed E-state index contributed by atoms with van der Waals surface area (Å²) in [6.45, 7) is 19.0. The number of rotatable bonds is 2. The van der Waals surface area contributed by atoms with Gasteiger partial charge in [0.05, 0.1) is 0 Å². The number of allylic oxidation sites excluding steroid dienone is 8. The molecule has 0 saturated heterocycles. The molecule has 0 heterocycles. The Hall–Kier alpha value is -1.04. The van der Waals surface area contributed by atoms with E-state index < -0.39 is 0 Å². The van der Waals surface area contributed by atoms with Crippen molar-refractivity contribution in [3.63, 3.8) is 0 Å². The first-order valence-electron chi connectivity index (χ1n) is 8.60. The minimum atomic E-state index is 0.640. The van der Waals surface area contributed by atoms with Crippen LogP contribution in [0.25, 0.3) is 0 Å². The van der Waals surface area contributed by atoms with Gasteiger partial charge in [0.25, 0.3) is 0 Å². The minimum absolute atomic E-state index is 0.640. The Morgan fingerprint density at radius 2 is 1.43 bits per heavy atom. The maximum absolute atomic E-state index is 2.39. The Morgan fingerprint density at radius 3 is 1.95 bits per heavy atom. The average Bonchev–Trinajstić information content (AvgIpc) is 2.94. The molecule has 114 valence electrons. The molecule has 2 atom stereocenters. The summed E-state index contributed by atoms with van der Waals surface area (Å²) in [4.78, 5) is 0. The lowest BCUT2D eigenvalue weighted by Gasteiger charge is -2.25. The van der Waals surface area contributed by atoms with Crippen molar-refractivity contribution in [3.05, 3.63) is 44.6 Å². The lowest BCUT2D eigenvalue weighted by atomic mass is 9.79. The van der Waals surface area contributed by atoms with Gasteiger partial charge in [0.15, 0.2) is 0 Å². The normalized spacial score (nSPS) is 28.9. The van der Waals surface area contributed by atoms with Crippen molar-refractivity contribution in [1.29, 1.82) is 0 Å². The molecule has 0 radical (unpaired) electrons. The van der Waals surface area contributed by atoms with Crippen LogP contribution >= 0.6 is 0 Å². The largest absolute Gasteiger partial charge is 0.0623 e. The molecule has 3 rings (SSSR count). The van der Waals surface area contributed by atoms with Crippen molar-refractivity contribution >= 4 is 0 Å². The molecule has 3 aliphatic carbocycles. The Bertz CT molecular complexity index is 629. The standard InChI is InChI=1S/C21H30/c1-10(2)18-14(7)12(5)16-9-17-13(6)15(8)19(11(3)4)21(17)20(16)18/h10-11,16,19H,9H2,1-8H3. The predicted molar refractivity (Wildman–Crippen MR) is 92.1 cm³/mol. The van der Waals surface area contributed by atoms with Crippen LogP contribution in [0.4, 0.5) is 0 Å². The van der Waals surface area contributed by atoms with E-state index in [1.165, 1.54) is 6.42 Å². The van der Waals surface area contributed by atoms with E-state index in [1.54, 1.807) is 44.6 Å². The van der Waals surface area contributed by atoms with Gasteiger partial charge < -0.3 is 0 Å². The first-order chi connectivity index (χ1) is 9.77. The van der Waals surface area contributed by atoms with Crippen molar-refractivity contribution in [1.82, 2.24) is 0 Å². The quantitative estimate of drug-likeness (QED) is 0.563. The first kappa shape index (κ1) is 14.9. The summed E-state index contributed by atoms with van der Waals surface area (Å²) < 4.78 is 0. The van der Waals surface area contributed by atoms with Crippen LogP contribution in [-0.4, -0.2) is 0 Å². The van der Waals surface area contributed by atoms with Crippen molar-refractivity contribution in [2.45, 2.75) is 61.8 Å². The van der Waals surface area contributed by atoms with E-state index in [4.69, 9.17) is 0 Å². The molecule has 21 heavy (non-hydrogen) atoms. The van der Waals surface area contributed by atoms with Gasteiger partial charge >= 0.3 is 0 Å². The van der Waals surface area contributed by atoms with Crippen molar-refractivity contribution in [3.8, 4) is 0 Å². The molecule has 2 unspecified atom stereocenters. The Balaban J connectivity index is 2.20. The van der Waals surface area contributed by atoms with Gasteiger partial charge in [0.1, 0.15) is 0 Å². The van der Waals surface area contributed by atoms with Crippen LogP contribution in [0.1, 0.15) is 61.8 Å².